The molecule has 0 saturated carbocycles. The molecule has 1 aromatic carbocycles. The zero-order valence-electron chi connectivity index (χ0n) is 21.3. The van der Waals surface area contributed by atoms with Crippen LogP contribution in [-0.4, -0.2) is 37.5 Å². The summed E-state index contributed by atoms with van der Waals surface area (Å²) >= 11 is 0. The third-order valence-corrected chi connectivity index (χ3v) is 6.90. The van der Waals surface area contributed by atoms with Gasteiger partial charge in [-0.25, -0.2) is 0 Å². The number of hydrogen-bond donors (Lipinski definition) is 1. The summed E-state index contributed by atoms with van der Waals surface area (Å²) in [7, 11) is 0. The molecule has 7 nitrogen and oxygen atoms in total. The molecule has 5 rings (SSSR count). The van der Waals surface area contributed by atoms with E-state index in [2.05, 4.69) is 19.9 Å². The van der Waals surface area contributed by atoms with E-state index in [1.807, 2.05) is 43.3 Å². The van der Waals surface area contributed by atoms with Gasteiger partial charge in [0.2, 0.25) is 0 Å². The number of halogens is 3. The number of anilines is 1. The Morgan fingerprint density at radius 3 is 2.26 bits per heavy atom. The van der Waals surface area contributed by atoms with Gasteiger partial charge in [-0.05, 0) is 67.2 Å². The van der Waals surface area contributed by atoms with Gasteiger partial charge in [-0.1, -0.05) is 37.6 Å². The summed E-state index contributed by atoms with van der Waals surface area (Å²) in [6.07, 6.45) is 2.26. The molecule has 1 saturated heterocycles. The van der Waals surface area contributed by atoms with Crippen molar-refractivity contribution in [2.24, 2.45) is 0 Å². The minimum Gasteiger partial charge on any atom is -0.455 e. The van der Waals surface area contributed by atoms with Crippen LogP contribution in [0.3, 0.4) is 0 Å². The number of hydrogen-bond acceptors (Lipinski definition) is 6. The van der Waals surface area contributed by atoms with Crippen molar-refractivity contribution in [3.63, 3.8) is 0 Å². The molecule has 0 unspecified atom stereocenters. The second-order valence-corrected chi connectivity index (χ2v) is 9.72. The molecule has 1 atom stereocenters. The van der Waals surface area contributed by atoms with Gasteiger partial charge in [0, 0.05) is 25.5 Å². The standard InChI is InChI=1S/C28H31F3N6O/c1-2-5-23(21-10-12-33-13-11-21)38-27-34-25(32)22-16-24(28(29,30)31)37(26(22)35-27)18-20-8-6-19(7-9-20)17-36-14-3-4-15-36/h6-13,16,23H,2-5,14-15,17-18H2,1H3,(H2,32,34,35)/t23-/m0/s1. The number of fused-ring (bicyclic) bond motifs is 1. The normalized spacial score (nSPS) is 15.3. The van der Waals surface area contributed by atoms with Crippen LogP contribution in [0.1, 0.15) is 61.1 Å². The van der Waals surface area contributed by atoms with E-state index in [4.69, 9.17) is 10.5 Å². The molecule has 0 bridgehead atoms. The highest BCUT2D eigenvalue weighted by atomic mass is 19.4. The highest BCUT2D eigenvalue weighted by Gasteiger charge is 2.36. The first-order valence-electron chi connectivity index (χ1n) is 12.9. The van der Waals surface area contributed by atoms with Crippen LogP contribution < -0.4 is 10.5 Å². The van der Waals surface area contributed by atoms with Crippen molar-refractivity contribution in [2.45, 2.75) is 58.0 Å². The second kappa shape index (κ2) is 11.0. The van der Waals surface area contributed by atoms with Gasteiger partial charge < -0.3 is 15.0 Å². The average Bonchev–Trinajstić information content (AvgIpc) is 3.54. The van der Waals surface area contributed by atoms with Crippen molar-refractivity contribution in [1.29, 1.82) is 0 Å². The van der Waals surface area contributed by atoms with Crippen LogP contribution in [0.5, 0.6) is 6.01 Å². The zero-order valence-corrected chi connectivity index (χ0v) is 21.3. The van der Waals surface area contributed by atoms with Gasteiger partial charge >= 0.3 is 12.2 Å². The van der Waals surface area contributed by atoms with Crippen molar-refractivity contribution in [1.82, 2.24) is 24.4 Å². The lowest BCUT2D eigenvalue weighted by Gasteiger charge is -2.18. The summed E-state index contributed by atoms with van der Waals surface area (Å²) in [4.78, 5) is 15.0. The van der Waals surface area contributed by atoms with Crippen LogP contribution in [0.15, 0.2) is 54.9 Å². The topological polar surface area (TPSA) is 82.1 Å². The molecule has 0 radical (unpaired) electrons. The predicted molar refractivity (Wildman–Crippen MR) is 140 cm³/mol. The van der Waals surface area contributed by atoms with Crippen molar-refractivity contribution < 1.29 is 17.9 Å². The summed E-state index contributed by atoms with van der Waals surface area (Å²) in [5.41, 5.74) is 8.15. The molecule has 4 aromatic rings. The molecule has 0 amide bonds. The first kappa shape index (κ1) is 26.0. The Hall–Kier alpha value is -3.66. The van der Waals surface area contributed by atoms with E-state index >= 15 is 0 Å². The number of nitrogen functional groups attached to an aromatic ring is 1. The average molecular weight is 525 g/mol. The van der Waals surface area contributed by atoms with Gasteiger partial charge in [0.05, 0.1) is 5.39 Å². The van der Waals surface area contributed by atoms with Crippen molar-refractivity contribution >= 4 is 16.9 Å². The molecule has 4 heterocycles. The molecule has 1 aliphatic heterocycles. The number of nitrogens with two attached hydrogens (primary N) is 1. The Bertz CT molecular complexity index is 1370. The van der Waals surface area contributed by atoms with Gasteiger partial charge in [0.15, 0.2) is 0 Å². The summed E-state index contributed by atoms with van der Waals surface area (Å²) < 4.78 is 49.5. The molecular weight excluding hydrogens is 493 g/mol. The fraction of sp³-hybridized carbons (Fsp3) is 0.393. The summed E-state index contributed by atoms with van der Waals surface area (Å²) in [6, 6.07) is 12.3. The van der Waals surface area contributed by atoms with E-state index in [1.165, 1.54) is 12.8 Å². The van der Waals surface area contributed by atoms with Crippen LogP contribution in [-0.2, 0) is 19.3 Å². The largest absolute Gasteiger partial charge is 0.455 e. The van der Waals surface area contributed by atoms with Gasteiger partial charge in [0.1, 0.15) is 23.3 Å². The number of alkyl halides is 3. The molecule has 2 N–H and O–H groups in total. The van der Waals surface area contributed by atoms with E-state index in [1.54, 1.807) is 12.4 Å². The molecule has 10 heteroatoms. The van der Waals surface area contributed by atoms with Crippen LogP contribution in [0.4, 0.5) is 19.0 Å². The van der Waals surface area contributed by atoms with Crippen LogP contribution >= 0.6 is 0 Å². The fourth-order valence-corrected chi connectivity index (χ4v) is 4.97. The Balaban J connectivity index is 1.48. The third-order valence-electron chi connectivity index (χ3n) is 6.90. The van der Waals surface area contributed by atoms with Gasteiger partial charge in [-0.2, -0.15) is 23.1 Å². The van der Waals surface area contributed by atoms with Gasteiger partial charge in [-0.15, -0.1) is 0 Å². The lowest BCUT2D eigenvalue weighted by atomic mass is 10.1. The van der Waals surface area contributed by atoms with E-state index < -0.39 is 11.9 Å². The van der Waals surface area contributed by atoms with Crippen molar-refractivity contribution in [2.75, 3.05) is 18.8 Å². The maximum atomic E-state index is 14.1. The number of likely N-dealkylation sites (tertiary alicyclic amines) is 1. The number of aromatic nitrogens is 4. The number of pyridine rings is 1. The maximum Gasteiger partial charge on any atom is 0.431 e. The Morgan fingerprint density at radius 1 is 0.974 bits per heavy atom. The van der Waals surface area contributed by atoms with E-state index in [0.29, 0.717) is 6.42 Å². The van der Waals surface area contributed by atoms with Gasteiger partial charge in [0.25, 0.3) is 0 Å². The molecule has 3 aromatic heterocycles. The minimum absolute atomic E-state index is 0.0129. The Kier molecular flexibility index (Phi) is 7.51. The van der Waals surface area contributed by atoms with Crippen LogP contribution in [0.25, 0.3) is 11.0 Å². The molecular formula is C28H31F3N6O. The molecule has 200 valence electrons. The minimum atomic E-state index is -4.59. The Labute approximate surface area is 219 Å². The lowest BCUT2D eigenvalue weighted by molar-refractivity contribution is -0.143. The van der Waals surface area contributed by atoms with E-state index in [0.717, 1.165) is 53.4 Å². The Morgan fingerprint density at radius 2 is 1.63 bits per heavy atom. The predicted octanol–water partition coefficient (Wildman–Crippen LogP) is 5.99. The number of benzene rings is 1. The number of nitrogens with zero attached hydrogens (tertiary/aromatic N) is 5. The molecule has 0 aliphatic carbocycles. The highest BCUT2D eigenvalue weighted by Crippen LogP contribution is 2.36. The fourth-order valence-electron chi connectivity index (χ4n) is 4.97. The first-order chi connectivity index (χ1) is 18.3. The lowest BCUT2D eigenvalue weighted by Crippen LogP contribution is -2.18. The second-order valence-electron chi connectivity index (χ2n) is 9.72. The van der Waals surface area contributed by atoms with E-state index in [-0.39, 0.29) is 35.5 Å². The quantitative estimate of drug-likeness (QED) is 0.290. The summed E-state index contributed by atoms with van der Waals surface area (Å²) in [6.45, 7) is 5.02. The molecule has 38 heavy (non-hydrogen) atoms. The molecule has 1 fully saturated rings. The smallest absolute Gasteiger partial charge is 0.431 e. The first-order valence-corrected chi connectivity index (χ1v) is 12.9. The van der Waals surface area contributed by atoms with Crippen molar-refractivity contribution in [3.05, 3.63) is 77.2 Å². The van der Waals surface area contributed by atoms with Crippen LogP contribution in [0.2, 0.25) is 0 Å². The summed E-state index contributed by atoms with van der Waals surface area (Å²) in [5.74, 6) is -0.0554. The monoisotopic (exact) mass is 524 g/mol. The zero-order chi connectivity index (χ0) is 26.7. The number of rotatable bonds is 9. The number of ether oxygens (including phenoxy) is 1. The maximum absolute atomic E-state index is 14.1. The van der Waals surface area contributed by atoms with E-state index in [9.17, 15) is 13.2 Å². The summed E-state index contributed by atoms with van der Waals surface area (Å²) in [5, 5.41) is 0.145. The SMILES string of the molecule is CCC[C@H](Oc1nc(N)c2cc(C(F)(F)F)n(Cc3ccc(CN4CCCC4)cc3)c2n1)c1ccncc1. The molecule has 1 aliphatic rings. The highest BCUT2D eigenvalue weighted by molar-refractivity contribution is 5.88. The van der Waals surface area contributed by atoms with Crippen molar-refractivity contribution in [3.8, 4) is 6.01 Å². The van der Waals surface area contributed by atoms with Gasteiger partial charge in [-0.3, -0.25) is 9.88 Å². The van der Waals surface area contributed by atoms with Crippen LogP contribution in [0, 0.1) is 0 Å². The third kappa shape index (κ3) is 5.75. The molecule has 0 spiro atoms.